The number of allylic oxidation sites excluding steroid dienone is 1. The Labute approximate surface area is 149 Å². The van der Waals surface area contributed by atoms with Crippen molar-refractivity contribution in [2.24, 2.45) is 0 Å². The number of hydrogen-bond donors (Lipinski definition) is 2. The van der Waals surface area contributed by atoms with Crippen molar-refractivity contribution in [2.75, 3.05) is 5.73 Å². The number of hydrogen-bond acceptors (Lipinski definition) is 5. The van der Waals surface area contributed by atoms with E-state index in [1.807, 2.05) is 16.8 Å². The number of imidazole rings is 1. The summed E-state index contributed by atoms with van der Waals surface area (Å²) in [7, 11) is -1.58. The molecule has 3 N–H and O–H groups in total. The number of carbonyl (C=O) groups excluding carboxylic acids is 1. The number of phenolic OH excluding ortho intramolecular Hbond substituents is 1. The zero-order valence-electron chi connectivity index (χ0n) is 14.8. The van der Waals surface area contributed by atoms with Crippen LogP contribution in [0.25, 0.3) is 0 Å². The second kappa shape index (κ2) is 8.13. The number of ether oxygens (including phenoxy) is 1. The third-order valence-electron chi connectivity index (χ3n) is 3.86. The standard InChI is InChI=1S/C18H25N3O3Si/c1-25(2,3)18(24-13-21-10-9-20-12-21)6-4-5-16(22)15-11-14(19)7-8-17(15)23/h4-5,7-12,18,23H,6,13,19H2,1-3H3/b5-4+. The maximum Gasteiger partial charge on any atom is 0.189 e. The molecule has 0 saturated carbocycles. The van der Waals surface area contributed by atoms with Crippen LogP contribution in [0.1, 0.15) is 16.8 Å². The Balaban J connectivity index is 2.00. The Hall–Kier alpha value is -2.38. The molecule has 1 aromatic carbocycles. The topological polar surface area (TPSA) is 90.4 Å². The van der Waals surface area contributed by atoms with Gasteiger partial charge in [-0.2, -0.15) is 0 Å². The molecule has 0 aliphatic carbocycles. The minimum absolute atomic E-state index is 0.0633. The van der Waals surface area contributed by atoms with Crippen molar-refractivity contribution in [1.82, 2.24) is 9.55 Å². The molecule has 0 amide bonds. The second-order valence-electron chi connectivity index (χ2n) is 7.01. The van der Waals surface area contributed by atoms with E-state index in [2.05, 4.69) is 24.6 Å². The minimum atomic E-state index is -1.58. The molecule has 134 valence electrons. The number of anilines is 1. The predicted octanol–water partition coefficient (Wildman–Crippen LogP) is 3.22. The first-order valence-corrected chi connectivity index (χ1v) is 11.7. The molecule has 0 radical (unpaired) electrons. The zero-order valence-corrected chi connectivity index (χ0v) is 15.8. The van der Waals surface area contributed by atoms with Crippen molar-refractivity contribution < 1.29 is 14.6 Å². The lowest BCUT2D eigenvalue weighted by Gasteiger charge is -2.28. The van der Waals surface area contributed by atoms with Gasteiger partial charge >= 0.3 is 0 Å². The van der Waals surface area contributed by atoms with Gasteiger partial charge in [0.1, 0.15) is 12.5 Å². The number of aromatic nitrogens is 2. The number of nitrogens with zero attached hydrogens (tertiary/aromatic N) is 2. The molecule has 7 heteroatoms. The first kappa shape index (κ1) is 18.9. The summed E-state index contributed by atoms with van der Waals surface area (Å²) < 4.78 is 7.90. The predicted molar refractivity (Wildman–Crippen MR) is 101 cm³/mol. The molecule has 0 aliphatic rings. The highest BCUT2D eigenvalue weighted by atomic mass is 28.3. The molecule has 0 spiro atoms. The smallest absolute Gasteiger partial charge is 0.189 e. The fourth-order valence-corrected chi connectivity index (χ4v) is 3.77. The highest BCUT2D eigenvalue weighted by molar-refractivity contribution is 6.77. The minimum Gasteiger partial charge on any atom is -0.507 e. The summed E-state index contributed by atoms with van der Waals surface area (Å²) in [6.45, 7) is 7.12. The molecule has 0 saturated heterocycles. The molecule has 6 nitrogen and oxygen atoms in total. The molecule has 1 unspecified atom stereocenters. The number of carbonyl (C=O) groups is 1. The number of phenols is 1. The number of benzene rings is 1. The number of aromatic hydroxyl groups is 1. The van der Waals surface area contributed by atoms with Crippen molar-refractivity contribution in [3.63, 3.8) is 0 Å². The molecular formula is C18H25N3O3Si. The van der Waals surface area contributed by atoms with Crippen molar-refractivity contribution in [3.8, 4) is 5.75 Å². The van der Waals surface area contributed by atoms with E-state index in [4.69, 9.17) is 10.5 Å². The number of nitrogen functional groups attached to an aromatic ring is 1. The quantitative estimate of drug-likeness (QED) is 0.248. The average Bonchev–Trinajstić information content (AvgIpc) is 3.05. The Morgan fingerprint density at radius 2 is 2.20 bits per heavy atom. The van der Waals surface area contributed by atoms with Crippen molar-refractivity contribution in [3.05, 3.63) is 54.6 Å². The van der Waals surface area contributed by atoms with Crippen LogP contribution in [-0.2, 0) is 11.5 Å². The van der Waals surface area contributed by atoms with Gasteiger partial charge in [0.15, 0.2) is 5.78 Å². The third kappa shape index (κ3) is 5.58. The van der Waals surface area contributed by atoms with Crippen molar-refractivity contribution in [1.29, 1.82) is 0 Å². The van der Waals surface area contributed by atoms with Gasteiger partial charge in [0.05, 0.1) is 25.7 Å². The summed E-state index contributed by atoms with van der Waals surface area (Å²) in [4.78, 5) is 16.2. The van der Waals surface area contributed by atoms with Gasteiger partial charge in [-0.25, -0.2) is 4.98 Å². The molecule has 0 bridgehead atoms. The maximum absolute atomic E-state index is 12.2. The summed E-state index contributed by atoms with van der Waals surface area (Å²) in [5.41, 5.74) is 6.39. The number of nitrogens with two attached hydrogens (primary N) is 1. The van der Waals surface area contributed by atoms with E-state index in [9.17, 15) is 9.90 Å². The van der Waals surface area contributed by atoms with Crippen LogP contribution in [0, 0.1) is 0 Å². The largest absolute Gasteiger partial charge is 0.507 e. The van der Waals surface area contributed by atoms with Crippen LogP contribution in [-0.4, -0.2) is 34.2 Å². The molecule has 2 rings (SSSR count). The van der Waals surface area contributed by atoms with Gasteiger partial charge in [-0.15, -0.1) is 0 Å². The lowest BCUT2D eigenvalue weighted by atomic mass is 10.1. The average molecular weight is 360 g/mol. The monoisotopic (exact) mass is 359 g/mol. The number of rotatable bonds is 8. The SMILES string of the molecule is C[Si](C)(C)C(C/C=C/C(=O)c1cc(N)ccc1O)OCn1ccnc1. The van der Waals surface area contributed by atoms with Crippen LogP contribution in [0.4, 0.5) is 5.69 Å². The van der Waals surface area contributed by atoms with Gasteiger partial charge in [-0.05, 0) is 30.7 Å². The van der Waals surface area contributed by atoms with Gasteiger partial charge in [-0.3, -0.25) is 4.79 Å². The molecule has 1 atom stereocenters. The van der Waals surface area contributed by atoms with Crippen LogP contribution in [0.5, 0.6) is 5.75 Å². The van der Waals surface area contributed by atoms with Gasteiger partial charge in [0.2, 0.25) is 0 Å². The molecule has 2 aromatic rings. The van der Waals surface area contributed by atoms with Crippen LogP contribution in [0.3, 0.4) is 0 Å². The third-order valence-corrected chi connectivity index (χ3v) is 6.19. The summed E-state index contributed by atoms with van der Waals surface area (Å²) in [5.74, 6) is -0.337. The molecule has 25 heavy (non-hydrogen) atoms. The molecule has 1 heterocycles. The summed E-state index contributed by atoms with van der Waals surface area (Å²) >= 11 is 0. The Kier molecular flexibility index (Phi) is 6.16. The Bertz CT molecular complexity index is 737. The van der Waals surface area contributed by atoms with Gasteiger partial charge in [0, 0.05) is 18.1 Å². The van der Waals surface area contributed by atoms with E-state index in [-0.39, 0.29) is 22.8 Å². The van der Waals surface area contributed by atoms with E-state index >= 15 is 0 Å². The van der Waals surface area contributed by atoms with Crippen LogP contribution in [0.2, 0.25) is 19.6 Å². The fraction of sp³-hybridized carbons (Fsp3) is 0.333. The molecule has 1 aromatic heterocycles. The lowest BCUT2D eigenvalue weighted by molar-refractivity contribution is 0.0483. The highest BCUT2D eigenvalue weighted by Crippen LogP contribution is 2.21. The first-order chi connectivity index (χ1) is 11.8. The van der Waals surface area contributed by atoms with Gasteiger partial charge < -0.3 is 20.1 Å². The first-order valence-electron chi connectivity index (χ1n) is 8.14. The number of ketones is 1. The van der Waals surface area contributed by atoms with E-state index in [1.165, 1.54) is 18.2 Å². The zero-order chi connectivity index (χ0) is 18.4. The van der Waals surface area contributed by atoms with Crippen molar-refractivity contribution in [2.45, 2.75) is 38.5 Å². The molecule has 0 fully saturated rings. The normalized spacial score (nSPS) is 13.2. The van der Waals surface area contributed by atoms with E-state index in [0.717, 1.165) is 0 Å². The molecular weight excluding hydrogens is 334 g/mol. The Morgan fingerprint density at radius 1 is 1.44 bits per heavy atom. The lowest BCUT2D eigenvalue weighted by Crippen LogP contribution is -2.40. The summed E-state index contributed by atoms with van der Waals surface area (Å²) in [5, 5.41) is 9.80. The second-order valence-corrected chi connectivity index (χ2v) is 12.4. The van der Waals surface area contributed by atoms with E-state index in [0.29, 0.717) is 18.8 Å². The van der Waals surface area contributed by atoms with Crippen LogP contribution < -0.4 is 5.73 Å². The maximum atomic E-state index is 12.2. The van der Waals surface area contributed by atoms with E-state index < -0.39 is 8.07 Å². The highest BCUT2D eigenvalue weighted by Gasteiger charge is 2.26. The van der Waals surface area contributed by atoms with Gasteiger partial charge in [-0.1, -0.05) is 25.7 Å². The van der Waals surface area contributed by atoms with Crippen LogP contribution in [0.15, 0.2) is 49.1 Å². The fourth-order valence-electron chi connectivity index (χ4n) is 2.35. The van der Waals surface area contributed by atoms with E-state index in [1.54, 1.807) is 18.6 Å². The summed E-state index contributed by atoms with van der Waals surface area (Å²) in [6, 6.07) is 4.46. The van der Waals surface area contributed by atoms with Crippen LogP contribution >= 0.6 is 0 Å². The molecule has 0 aliphatic heterocycles. The van der Waals surface area contributed by atoms with Gasteiger partial charge in [0.25, 0.3) is 0 Å². The Morgan fingerprint density at radius 3 is 2.84 bits per heavy atom. The summed E-state index contributed by atoms with van der Waals surface area (Å²) in [6.07, 6.45) is 9.19. The van der Waals surface area contributed by atoms with Crippen molar-refractivity contribution >= 4 is 19.5 Å².